The number of H-pyrrole nitrogens is 1. The normalized spacial score (nSPS) is 11.2. The van der Waals surface area contributed by atoms with E-state index in [1.807, 2.05) is 36.5 Å². The molecule has 26 heavy (non-hydrogen) atoms. The number of carbonyl (C=O) groups excluding carboxylic acids is 1. The van der Waals surface area contributed by atoms with Crippen molar-refractivity contribution in [3.8, 4) is 0 Å². The zero-order valence-electron chi connectivity index (χ0n) is 15.3. The molecule has 0 fully saturated rings. The summed E-state index contributed by atoms with van der Waals surface area (Å²) in [6.45, 7) is 3.73. The Morgan fingerprint density at radius 2 is 2.04 bits per heavy atom. The van der Waals surface area contributed by atoms with Crippen LogP contribution in [0.2, 0.25) is 0 Å². The van der Waals surface area contributed by atoms with Gasteiger partial charge in [0.05, 0.1) is 23.3 Å². The van der Waals surface area contributed by atoms with Gasteiger partial charge in [-0.1, -0.05) is 18.2 Å². The summed E-state index contributed by atoms with van der Waals surface area (Å²) in [5.74, 6) is 0.971. The molecule has 0 aliphatic rings. The standard InChI is InChI=1S/C20H25N5O/c1-15(26)21-11-5-7-16-8-6-12-22-19(16)13-25(2)14-20-23-17-9-3-4-10-18(17)24-20/h3-4,6,8-10,12H,5,7,11,13-14H2,1-2H3,(H,21,26)(H,23,24). The number of amides is 1. The van der Waals surface area contributed by atoms with Gasteiger partial charge in [-0.25, -0.2) is 4.98 Å². The molecule has 1 amide bonds. The first-order chi connectivity index (χ1) is 12.6. The third-order valence-electron chi connectivity index (χ3n) is 4.26. The molecule has 0 radical (unpaired) electrons. The number of pyridine rings is 1. The summed E-state index contributed by atoms with van der Waals surface area (Å²) in [6, 6.07) is 12.1. The number of fused-ring (bicyclic) bond motifs is 1. The molecule has 1 aromatic carbocycles. The van der Waals surface area contributed by atoms with Gasteiger partial charge in [-0.2, -0.15) is 0 Å². The maximum absolute atomic E-state index is 11.0. The molecular weight excluding hydrogens is 326 g/mol. The largest absolute Gasteiger partial charge is 0.356 e. The Kier molecular flexibility index (Phi) is 5.96. The molecule has 2 aromatic heterocycles. The third kappa shape index (κ3) is 4.89. The monoisotopic (exact) mass is 351 g/mol. The molecule has 0 atom stereocenters. The van der Waals surface area contributed by atoms with Crippen LogP contribution in [0, 0.1) is 0 Å². The quantitative estimate of drug-likeness (QED) is 0.612. The minimum absolute atomic E-state index is 0.0157. The van der Waals surface area contributed by atoms with E-state index in [2.05, 4.69) is 38.3 Å². The maximum atomic E-state index is 11.0. The van der Waals surface area contributed by atoms with Crippen molar-refractivity contribution in [1.29, 1.82) is 0 Å². The second-order valence-electron chi connectivity index (χ2n) is 6.57. The number of benzene rings is 1. The summed E-state index contributed by atoms with van der Waals surface area (Å²) in [6.07, 6.45) is 3.65. The van der Waals surface area contributed by atoms with Gasteiger partial charge in [-0.3, -0.25) is 14.7 Å². The van der Waals surface area contributed by atoms with Crippen molar-refractivity contribution in [2.45, 2.75) is 32.9 Å². The van der Waals surface area contributed by atoms with Crippen LogP contribution in [-0.2, 0) is 24.3 Å². The highest BCUT2D eigenvalue weighted by Gasteiger charge is 2.10. The Balaban J connectivity index is 1.59. The van der Waals surface area contributed by atoms with Crippen molar-refractivity contribution in [3.05, 3.63) is 59.7 Å². The van der Waals surface area contributed by atoms with Gasteiger partial charge in [0.25, 0.3) is 0 Å². The summed E-state index contributed by atoms with van der Waals surface area (Å²) in [7, 11) is 2.07. The summed E-state index contributed by atoms with van der Waals surface area (Å²) >= 11 is 0. The van der Waals surface area contributed by atoms with E-state index in [4.69, 9.17) is 0 Å². The van der Waals surface area contributed by atoms with E-state index >= 15 is 0 Å². The summed E-state index contributed by atoms with van der Waals surface area (Å²) in [5.41, 5.74) is 4.36. The number of nitrogens with zero attached hydrogens (tertiary/aromatic N) is 3. The SMILES string of the molecule is CC(=O)NCCCc1cccnc1CN(C)Cc1nc2ccccc2[nH]1. The molecule has 0 aliphatic heterocycles. The van der Waals surface area contributed by atoms with Gasteiger partial charge in [-0.15, -0.1) is 0 Å². The Bertz CT molecular complexity index is 840. The molecular formula is C20H25N5O. The van der Waals surface area contributed by atoms with Gasteiger partial charge < -0.3 is 10.3 Å². The van der Waals surface area contributed by atoms with Crippen molar-refractivity contribution in [3.63, 3.8) is 0 Å². The van der Waals surface area contributed by atoms with Crippen molar-refractivity contribution in [2.24, 2.45) is 0 Å². The van der Waals surface area contributed by atoms with E-state index in [9.17, 15) is 4.79 Å². The average Bonchev–Trinajstić information content (AvgIpc) is 3.01. The van der Waals surface area contributed by atoms with Crippen LogP contribution in [0.3, 0.4) is 0 Å². The van der Waals surface area contributed by atoms with Gasteiger partial charge in [0, 0.05) is 26.2 Å². The van der Waals surface area contributed by atoms with Crippen LogP contribution < -0.4 is 5.32 Å². The van der Waals surface area contributed by atoms with E-state index in [-0.39, 0.29) is 5.91 Å². The van der Waals surface area contributed by atoms with E-state index in [0.717, 1.165) is 48.5 Å². The summed E-state index contributed by atoms with van der Waals surface area (Å²) in [4.78, 5) is 25.7. The van der Waals surface area contributed by atoms with Crippen molar-refractivity contribution in [2.75, 3.05) is 13.6 Å². The van der Waals surface area contributed by atoms with Crippen molar-refractivity contribution in [1.82, 2.24) is 25.2 Å². The molecule has 0 saturated carbocycles. The predicted molar refractivity (Wildman–Crippen MR) is 103 cm³/mol. The fraction of sp³-hybridized carbons (Fsp3) is 0.350. The zero-order chi connectivity index (χ0) is 18.4. The molecule has 3 rings (SSSR count). The first-order valence-electron chi connectivity index (χ1n) is 8.91. The second kappa shape index (κ2) is 8.58. The molecule has 0 saturated heterocycles. The number of aryl methyl sites for hydroxylation is 1. The number of hydrogen-bond acceptors (Lipinski definition) is 4. The highest BCUT2D eigenvalue weighted by molar-refractivity contribution is 5.74. The summed E-state index contributed by atoms with van der Waals surface area (Å²) < 4.78 is 0. The molecule has 2 N–H and O–H groups in total. The molecule has 6 nitrogen and oxygen atoms in total. The highest BCUT2D eigenvalue weighted by Crippen LogP contribution is 2.14. The van der Waals surface area contributed by atoms with Crippen molar-refractivity contribution < 1.29 is 4.79 Å². The topological polar surface area (TPSA) is 73.9 Å². The number of aromatic nitrogens is 3. The Labute approximate surface area is 153 Å². The molecule has 0 aliphatic carbocycles. The van der Waals surface area contributed by atoms with Gasteiger partial charge in [0.2, 0.25) is 5.91 Å². The number of carbonyl (C=O) groups is 1. The minimum atomic E-state index is 0.0157. The molecule has 0 bridgehead atoms. The van der Waals surface area contributed by atoms with Crippen molar-refractivity contribution >= 4 is 16.9 Å². The summed E-state index contributed by atoms with van der Waals surface area (Å²) in [5, 5.41) is 2.84. The van der Waals surface area contributed by atoms with Gasteiger partial charge in [0.15, 0.2) is 0 Å². The van der Waals surface area contributed by atoms with Gasteiger partial charge in [-0.05, 0) is 43.7 Å². The minimum Gasteiger partial charge on any atom is -0.356 e. The lowest BCUT2D eigenvalue weighted by Crippen LogP contribution is -2.22. The number of rotatable bonds is 8. The van der Waals surface area contributed by atoms with E-state index in [1.54, 1.807) is 6.92 Å². The lowest BCUT2D eigenvalue weighted by molar-refractivity contribution is -0.118. The fourth-order valence-corrected chi connectivity index (χ4v) is 3.03. The third-order valence-corrected chi connectivity index (χ3v) is 4.26. The molecule has 0 spiro atoms. The van der Waals surface area contributed by atoms with E-state index in [0.29, 0.717) is 6.54 Å². The first kappa shape index (κ1) is 18.1. The van der Waals surface area contributed by atoms with Gasteiger partial charge >= 0.3 is 0 Å². The Morgan fingerprint density at radius 1 is 1.19 bits per heavy atom. The zero-order valence-corrected chi connectivity index (χ0v) is 15.3. The smallest absolute Gasteiger partial charge is 0.216 e. The maximum Gasteiger partial charge on any atom is 0.216 e. The van der Waals surface area contributed by atoms with Crippen LogP contribution in [0.25, 0.3) is 11.0 Å². The van der Waals surface area contributed by atoms with Crippen LogP contribution in [0.15, 0.2) is 42.6 Å². The molecule has 136 valence electrons. The highest BCUT2D eigenvalue weighted by atomic mass is 16.1. The Morgan fingerprint density at radius 3 is 2.85 bits per heavy atom. The lowest BCUT2D eigenvalue weighted by Gasteiger charge is -2.17. The molecule has 3 aromatic rings. The van der Waals surface area contributed by atoms with Gasteiger partial charge in [0.1, 0.15) is 5.82 Å². The van der Waals surface area contributed by atoms with Crippen LogP contribution in [0.5, 0.6) is 0 Å². The molecule has 0 unspecified atom stereocenters. The fourth-order valence-electron chi connectivity index (χ4n) is 3.03. The number of para-hydroxylation sites is 2. The van der Waals surface area contributed by atoms with E-state index < -0.39 is 0 Å². The van der Waals surface area contributed by atoms with Crippen LogP contribution >= 0.6 is 0 Å². The predicted octanol–water partition coefficient (Wildman–Crippen LogP) is 2.66. The lowest BCUT2D eigenvalue weighted by atomic mass is 10.1. The molecule has 6 heteroatoms. The number of aromatic amines is 1. The Hall–Kier alpha value is -2.73. The van der Waals surface area contributed by atoms with Crippen LogP contribution in [0.1, 0.15) is 30.4 Å². The molecule has 2 heterocycles. The number of hydrogen-bond donors (Lipinski definition) is 2. The van der Waals surface area contributed by atoms with Crippen LogP contribution in [0.4, 0.5) is 0 Å². The van der Waals surface area contributed by atoms with Crippen LogP contribution in [-0.4, -0.2) is 39.4 Å². The number of imidazole rings is 1. The first-order valence-corrected chi connectivity index (χ1v) is 8.91. The average molecular weight is 351 g/mol. The number of nitrogens with one attached hydrogen (secondary N) is 2. The van der Waals surface area contributed by atoms with E-state index in [1.165, 1.54) is 5.56 Å². The second-order valence-corrected chi connectivity index (χ2v) is 6.57.